The number of ketones is 2. The Morgan fingerprint density at radius 2 is 1.88 bits per heavy atom. The predicted molar refractivity (Wildman–Crippen MR) is 88.0 cm³/mol. The summed E-state index contributed by atoms with van der Waals surface area (Å²) in [5.74, 6) is -0.486. The second kappa shape index (κ2) is 4.89. The van der Waals surface area contributed by atoms with Crippen LogP contribution in [0.25, 0.3) is 10.8 Å². The average Bonchev–Trinajstić information content (AvgIpc) is 2.57. The molecule has 0 bridgehead atoms. The highest BCUT2D eigenvalue weighted by Crippen LogP contribution is 2.38. The molecule has 1 aliphatic rings. The number of rotatable bonds is 1. The zero-order valence-electron chi connectivity index (χ0n) is 13.1. The number of carbonyl (C=O) groups excluding carboxylic acids is 2. The van der Waals surface area contributed by atoms with E-state index in [1.54, 1.807) is 12.3 Å². The Balaban J connectivity index is 2.15. The minimum atomic E-state index is -0.456. The molecule has 0 aliphatic heterocycles. The maximum Gasteiger partial charge on any atom is 0.216 e. The molecule has 0 radical (unpaired) electrons. The summed E-state index contributed by atoms with van der Waals surface area (Å²) in [6.07, 6.45) is 1.56. The zero-order chi connectivity index (χ0) is 17.0. The van der Waals surface area contributed by atoms with Gasteiger partial charge in [0.25, 0.3) is 0 Å². The van der Waals surface area contributed by atoms with Gasteiger partial charge in [-0.15, -0.1) is 0 Å². The van der Waals surface area contributed by atoms with E-state index in [0.29, 0.717) is 11.1 Å². The molecule has 24 heavy (non-hydrogen) atoms. The van der Waals surface area contributed by atoms with E-state index in [1.807, 2.05) is 19.1 Å². The summed E-state index contributed by atoms with van der Waals surface area (Å²) in [5, 5.41) is 11.3. The molecule has 1 N–H and O–H groups in total. The number of hydrogen-bond donors (Lipinski definition) is 1. The monoisotopic (exact) mass is 319 g/mol. The Hall–Kier alpha value is -3.21. The first-order valence-corrected chi connectivity index (χ1v) is 7.41. The van der Waals surface area contributed by atoms with Crippen molar-refractivity contribution in [2.24, 2.45) is 0 Å². The molecule has 5 heteroatoms. The first kappa shape index (κ1) is 14.4. The molecule has 5 nitrogen and oxygen atoms in total. The Morgan fingerprint density at radius 3 is 2.62 bits per heavy atom. The molecule has 0 unspecified atom stereocenters. The third kappa shape index (κ3) is 1.78. The number of carbonyl (C=O) groups is 2. The van der Waals surface area contributed by atoms with Crippen LogP contribution in [-0.4, -0.2) is 28.8 Å². The van der Waals surface area contributed by atoms with Crippen molar-refractivity contribution in [3.8, 4) is 11.5 Å². The topological polar surface area (TPSA) is 76.5 Å². The molecule has 0 atom stereocenters. The van der Waals surface area contributed by atoms with Gasteiger partial charge in [-0.05, 0) is 30.7 Å². The molecule has 0 saturated heterocycles. The summed E-state index contributed by atoms with van der Waals surface area (Å²) in [6, 6.07) is 8.18. The number of aromatic hydroxyl groups is 1. The molecule has 3 aromatic rings. The largest absolute Gasteiger partial charge is 0.507 e. The summed E-state index contributed by atoms with van der Waals surface area (Å²) in [5.41, 5.74) is 1.43. The van der Waals surface area contributed by atoms with Gasteiger partial charge in [0.1, 0.15) is 17.2 Å². The number of hydrogen-bond acceptors (Lipinski definition) is 5. The summed E-state index contributed by atoms with van der Waals surface area (Å²) in [6.45, 7) is 1.92. The summed E-state index contributed by atoms with van der Waals surface area (Å²) < 4.78 is 5.43. The average molecular weight is 319 g/mol. The van der Waals surface area contributed by atoms with Crippen molar-refractivity contribution in [1.29, 1.82) is 0 Å². The van der Waals surface area contributed by atoms with Crippen molar-refractivity contribution >= 4 is 22.3 Å². The normalized spacial score (nSPS) is 12.9. The van der Waals surface area contributed by atoms with Gasteiger partial charge < -0.3 is 9.84 Å². The number of methoxy groups -OCH3 is 1. The van der Waals surface area contributed by atoms with Crippen LogP contribution < -0.4 is 4.74 Å². The van der Waals surface area contributed by atoms with Crippen molar-refractivity contribution in [1.82, 2.24) is 4.98 Å². The van der Waals surface area contributed by atoms with E-state index in [4.69, 9.17) is 4.74 Å². The molecule has 118 valence electrons. The van der Waals surface area contributed by atoms with E-state index in [0.717, 1.165) is 10.9 Å². The first-order chi connectivity index (χ1) is 11.5. The van der Waals surface area contributed by atoms with Crippen LogP contribution in [0, 0.1) is 6.92 Å². The summed E-state index contributed by atoms with van der Waals surface area (Å²) in [4.78, 5) is 30.0. The lowest BCUT2D eigenvalue weighted by Crippen LogP contribution is -2.23. The fourth-order valence-corrected chi connectivity index (χ4v) is 3.24. The van der Waals surface area contributed by atoms with Crippen LogP contribution in [0.5, 0.6) is 11.5 Å². The molecule has 1 aliphatic carbocycles. The molecule has 0 fully saturated rings. The lowest BCUT2D eigenvalue weighted by atomic mass is 9.84. The van der Waals surface area contributed by atoms with Crippen molar-refractivity contribution in [2.75, 3.05) is 7.11 Å². The molecular weight excluding hydrogens is 306 g/mol. The van der Waals surface area contributed by atoms with Crippen LogP contribution in [0.1, 0.15) is 37.5 Å². The minimum absolute atomic E-state index is 0.00734. The molecule has 0 saturated carbocycles. The minimum Gasteiger partial charge on any atom is -0.507 e. The predicted octanol–water partition coefficient (Wildman–Crippen LogP) is 3.03. The fraction of sp³-hybridized carbons (Fsp3) is 0.105. The number of benzene rings is 2. The third-order valence-corrected chi connectivity index (χ3v) is 4.27. The van der Waals surface area contributed by atoms with Gasteiger partial charge in [-0.2, -0.15) is 0 Å². The Bertz CT molecular complexity index is 1050. The third-order valence-electron chi connectivity index (χ3n) is 4.27. The van der Waals surface area contributed by atoms with Crippen LogP contribution in [0.2, 0.25) is 0 Å². The van der Waals surface area contributed by atoms with Crippen molar-refractivity contribution in [3.05, 3.63) is 64.5 Å². The summed E-state index contributed by atoms with van der Waals surface area (Å²) >= 11 is 0. The van der Waals surface area contributed by atoms with Crippen molar-refractivity contribution in [3.63, 3.8) is 0 Å². The molecular formula is C19H13NO4. The van der Waals surface area contributed by atoms with Crippen LogP contribution in [0.15, 0.2) is 36.5 Å². The van der Waals surface area contributed by atoms with Crippen LogP contribution in [0.3, 0.4) is 0 Å². The van der Waals surface area contributed by atoms with Gasteiger partial charge in [0.2, 0.25) is 5.78 Å². The standard InChI is InChI=1S/C19H13NO4/c1-9-6-10-8-20-17-16(14(10)13(7-9)24-2)18(22)11-4-3-5-12(21)15(11)19(17)23/h3-8,21H,1-2H3. The van der Waals surface area contributed by atoms with Crippen LogP contribution in [0.4, 0.5) is 0 Å². The van der Waals surface area contributed by atoms with E-state index < -0.39 is 5.78 Å². The van der Waals surface area contributed by atoms with Gasteiger partial charge in [-0.1, -0.05) is 12.1 Å². The fourth-order valence-electron chi connectivity index (χ4n) is 3.24. The van der Waals surface area contributed by atoms with Gasteiger partial charge in [-0.25, -0.2) is 0 Å². The Labute approximate surface area is 137 Å². The number of phenolic OH excluding ortho intramolecular Hbond substituents is 1. The number of pyridine rings is 1. The number of ether oxygens (including phenoxy) is 1. The van der Waals surface area contributed by atoms with Gasteiger partial charge >= 0.3 is 0 Å². The Morgan fingerprint density at radius 1 is 1.08 bits per heavy atom. The smallest absolute Gasteiger partial charge is 0.216 e. The highest BCUT2D eigenvalue weighted by Gasteiger charge is 2.35. The Kier molecular flexibility index (Phi) is 2.93. The second-order valence-corrected chi connectivity index (χ2v) is 5.77. The lowest BCUT2D eigenvalue weighted by Gasteiger charge is -2.20. The quantitative estimate of drug-likeness (QED) is 0.583. The van der Waals surface area contributed by atoms with E-state index in [1.165, 1.54) is 19.2 Å². The molecule has 0 spiro atoms. The first-order valence-electron chi connectivity index (χ1n) is 7.41. The van der Waals surface area contributed by atoms with Crippen molar-refractivity contribution in [2.45, 2.75) is 6.92 Å². The number of fused-ring (bicyclic) bond motifs is 4. The van der Waals surface area contributed by atoms with Crippen LogP contribution in [-0.2, 0) is 0 Å². The zero-order valence-corrected chi connectivity index (χ0v) is 13.1. The van der Waals surface area contributed by atoms with Crippen molar-refractivity contribution < 1.29 is 19.4 Å². The van der Waals surface area contributed by atoms with E-state index in [-0.39, 0.29) is 33.9 Å². The number of nitrogens with zero attached hydrogens (tertiary/aromatic N) is 1. The van der Waals surface area contributed by atoms with E-state index in [2.05, 4.69) is 4.98 Å². The van der Waals surface area contributed by atoms with Gasteiger partial charge in [-0.3, -0.25) is 14.6 Å². The molecule has 1 heterocycles. The van der Waals surface area contributed by atoms with Gasteiger partial charge in [0, 0.05) is 22.5 Å². The maximum absolute atomic E-state index is 13.0. The second-order valence-electron chi connectivity index (χ2n) is 5.77. The molecule has 2 aromatic carbocycles. The highest BCUT2D eigenvalue weighted by molar-refractivity contribution is 6.32. The molecule has 1 aromatic heterocycles. The maximum atomic E-state index is 13.0. The van der Waals surface area contributed by atoms with E-state index in [9.17, 15) is 14.7 Å². The summed E-state index contributed by atoms with van der Waals surface area (Å²) in [7, 11) is 1.52. The van der Waals surface area contributed by atoms with E-state index >= 15 is 0 Å². The highest BCUT2D eigenvalue weighted by atomic mass is 16.5. The number of phenols is 1. The van der Waals surface area contributed by atoms with Gasteiger partial charge in [0.15, 0.2) is 5.78 Å². The molecule has 4 rings (SSSR count). The lowest BCUT2D eigenvalue weighted by molar-refractivity contribution is 0.0974. The van der Waals surface area contributed by atoms with Crippen LogP contribution >= 0.6 is 0 Å². The molecule has 0 amide bonds. The van der Waals surface area contributed by atoms with Gasteiger partial charge in [0.05, 0.1) is 18.2 Å². The number of aromatic nitrogens is 1. The number of aryl methyl sites for hydroxylation is 1. The SMILES string of the molecule is COc1cc(C)cc2cnc3c(c12)C(=O)c1cccc(O)c1C3=O.